The molecule has 0 amide bonds. The predicted molar refractivity (Wildman–Crippen MR) is 238 cm³/mol. The minimum absolute atomic E-state index is 0.0139. The largest absolute Gasteiger partial charge is 0.408 e. The number of hydrogen-bond acceptors (Lipinski definition) is 10. The molecule has 13 heteroatoms. The molecule has 6 rings (SSSR count). The first-order chi connectivity index (χ1) is 27.5. The number of nitrogens with zero attached hydrogens (tertiary/aromatic N) is 5. The van der Waals surface area contributed by atoms with Crippen molar-refractivity contribution in [2.75, 3.05) is 51.8 Å². The fraction of sp³-hybridized carbons (Fsp3) is 0.622. The molecule has 4 heterocycles. The normalized spacial score (nSPS) is 21.3. The lowest BCUT2D eigenvalue weighted by Gasteiger charge is -2.44. The summed E-state index contributed by atoms with van der Waals surface area (Å²) in [5, 5.41) is 3.68. The Hall–Kier alpha value is -3.02. The van der Waals surface area contributed by atoms with Crippen LogP contribution in [0.2, 0.25) is 36.3 Å². The van der Waals surface area contributed by atoms with Gasteiger partial charge in [0, 0.05) is 26.1 Å². The van der Waals surface area contributed by atoms with E-state index in [1.165, 1.54) is 30.4 Å². The Morgan fingerprint density at radius 2 is 1.40 bits per heavy atom. The molecule has 4 aromatic rings. The number of imidazole rings is 1. The van der Waals surface area contributed by atoms with Gasteiger partial charge in [0.1, 0.15) is 24.9 Å². The number of piperidine rings is 1. The van der Waals surface area contributed by atoms with Crippen molar-refractivity contribution in [2.24, 2.45) is 0 Å². The van der Waals surface area contributed by atoms with E-state index >= 15 is 0 Å². The number of benzene rings is 2. The molecule has 0 bridgehead atoms. The zero-order valence-corrected chi connectivity index (χ0v) is 39.1. The SMILES string of the molecule is COC[C@H]1O[C@@H](n2cnc3c(NCC(c4ccccc4)c4ccccc4)nc(COCCN4CCCCC4)nc32)[C@H](O[Si](C)(C)C(C)(C)C)[C@@H]1O[Si](C)(C)C(C)(C)C. The molecule has 2 saturated heterocycles. The fourth-order valence-corrected chi connectivity index (χ4v) is 10.0. The zero-order valence-electron chi connectivity index (χ0n) is 37.1. The van der Waals surface area contributed by atoms with E-state index < -0.39 is 29.0 Å². The summed E-state index contributed by atoms with van der Waals surface area (Å²) >= 11 is 0. The Kier molecular flexibility index (Phi) is 14.4. The van der Waals surface area contributed by atoms with Crippen molar-refractivity contribution in [1.82, 2.24) is 24.4 Å². The summed E-state index contributed by atoms with van der Waals surface area (Å²) in [5.41, 5.74) is 3.78. The highest BCUT2D eigenvalue weighted by Gasteiger charge is 2.54. The summed E-state index contributed by atoms with van der Waals surface area (Å²) in [6.45, 7) is 27.8. The van der Waals surface area contributed by atoms with Gasteiger partial charge in [-0.3, -0.25) is 4.57 Å². The summed E-state index contributed by atoms with van der Waals surface area (Å²) in [6.07, 6.45) is 3.95. The quantitative estimate of drug-likeness (QED) is 0.0818. The van der Waals surface area contributed by atoms with E-state index in [4.69, 9.17) is 38.0 Å². The van der Waals surface area contributed by atoms with Crippen LogP contribution in [0, 0.1) is 0 Å². The highest BCUT2D eigenvalue weighted by molar-refractivity contribution is 6.74. The summed E-state index contributed by atoms with van der Waals surface area (Å²) in [6, 6.07) is 21.2. The van der Waals surface area contributed by atoms with Crippen LogP contribution >= 0.6 is 0 Å². The van der Waals surface area contributed by atoms with Crippen molar-refractivity contribution in [3.05, 3.63) is 83.9 Å². The maximum atomic E-state index is 7.39. The van der Waals surface area contributed by atoms with E-state index in [0.717, 1.165) is 19.6 Å². The number of anilines is 1. The van der Waals surface area contributed by atoms with Gasteiger partial charge in [-0.05, 0) is 73.3 Å². The van der Waals surface area contributed by atoms with Crippen molar-refractivity contribution in [2.45, 2.75) is 134 Å². The molecule has 0 radical (unpaired) electrons. The van der Waals surface area contributed by atoms with Gasteiger partial charge in [-0.2, -0.15) is 0 Å². The summed E-state index contributed by atoms with van der Waals surface area (Å²) in [5.74, 6) is 1.34. The van der Waals surface area contributed by atoms with Gasteiger partial charge >= 0.3 is 0 Å². The minimum atomic E-state index is -2.34. The average Bonchev–Trinajstić information content (AvgIpc) is 3.74. The Bertz CT molecular complexity index is 1850. The molecule has 318 valence electrons. The lowest BCUT2D eigenvalue weighted by molar-refractivity contribution is -0.0562. The molecule has 0 aliphatic carbocycles. The van der Waals surface area contributed by atoms with E-state index in [0.29, 0.717) is 42.6 Å². The van der Waals surface area contributed by atoms with Crippen LogP contribution < -0.4 is 5.32 Å². The molecule has 0 spiro atoms. The van der Waals surface area contributed by atoms with Crippen LogP contribution in [0.5, 0.6) is 0 Å². The molecule has 2 aliphatic heterocycles. The first-order valence-electron chi connectivity index (χ1n) is 21.4. The van der Waals surface area contributed by atoms with Crippen LogP contribution in [-0.2, 0) is 29.7 Å². The number of rotatable bonds is 17. The Morgan fingerprint density at radius 1 is 0.810 bits per heavy atom. The maximum Gasteiger partial charge on any atom is 0.192 e. The van der Waals surface area contributed by atoms with Crippen molar-refractivity contribution in [3.8, 4) is 0 Å². The van der Waals surface area contributed by atoms with Crippen molar-refractivity contribution < 1.29 is 23.1 Å². The molecule has 2 aromatic carbocycles. The lowest BCUT2D eigenvalue weighted by Crippen LogP contribution is -2.54. The fourth-order valence-electron chi connectivity index (χ4n) is 7.41. The number of likely N-dealkylation sites (tertiary alicyclic amines) is 1. The van der Waals surface area contributed by atoms with Crippen LogP contribution in [0.1, 0.15) is 89.9 Å². The predicted octanol–water partition coefficient (Wildman–Crippen LogP) is 9.40. The third kappa shape index (κ3) is 10.5. The van der Waals surface area contributed by atoms with Crippen molar-refractivity contribution in [3.63, 3.8) is 0 Å². The van der Waals surface area contributed by atoms with Gasteiger partial charge in [0.05, 0.1) is 19.5 Å². The first-order valence-corrected chi connectivity index (χ1v) is 27.2. The Morgan fingerprint density at radius 3 is 1.97 bits per heavy atom. The molecular formula is C45H70N6O5Si2. The van der Waals surface area contributed by atoms with Gasteiger partial charge in [-0.15, -0.1) is 0 Å². The number of methoxy groups -OCH3 is 1. The maximum absolute atomic E-state index is 7.39. The molecule has 11 nitrogen and oxygen atoms in total. The summed E-state index contributed by atoms with van der Waals surface area (Å²) in [4.78, 5) is 17.8. The highest BCUT2D eigenvalue weighted by atomic mass is 28.4. The van der Waals surface area contributed by atoms with E-state index in [9.17, 15) is 0 Å². The van der Waals surface area contributed by atoms with Crippen LogP contribution in [-0.4, -0.2) is 106 Å². The number of nitrogens with one attached hydrogen (secondary N) is 1. The van der Waals surface area contributed by atoms with Crippen LogP contribution in [0.25, 0.3) is 11.2 Å². The second kappa shape index (κ2) is 18.7. The molecule has 2 aromatic heterocycles. The van der Waals surface area contributed by atoms with Crippen LogP contribution in [0.4, 0.5) is 5.82 Å². The monoisotopic (exact) mass is 830 g/mol. The van der Waals surface area contributed by atoms with Gasteiger partial charge < -0.3 is 33.3 Å². The van der Waals surface area contributed by atoms with Gasteiger partial charge in [0.2, 0.25) is 0 Å². The van der Waals surface area contributed by atoms with Crippen molar-refractivity contribution >= 4 is 33.6 Å². The van der Waals surface area contributed by atoms with Crippen LogP contribution in [0.15, 0.2) is 67.0 Å². The number of hydrogen-bond donors (Lipinski definition) is 1. The molecular weight excluding hydrogens is 761 g/mol. The average molecular weight is 831 g/mol. The summed E-state index contributed by atoms with van der Waals surface area (Å²) < 4.78 is 35.9. The molecule has 4 atom stereocenters. The Balaban J connectivity index is 1.39. The molecule has 0 saturated carbocycles. The summed E-state index contributed by atoms with van der Waals surface area (Å²) in [7, 11) is -2.90. The highest BCUT2D eigenvalue weighted by Crippen LogP contribution is 2.46. The number of ether oxygens (including phenoxy) is 3. The van der Waals surface area contributed by atoms with Gasteiger partial charge in [0.15, 0.2) is 45.7 Å². The molecule has 58 heavy (non-hydrogen) atoms. The standard InChI is InChI=1S/C45H70N6O5Si2/c1-44(2,3)57(8,9)55-39-36(30-52-7)54-43(40(39)56-58(10,11)45(4,5)6)51-32-47-38-41(46-29-35(33-21-15-12-16-22-33)34-23-17-13-18-24-34)48-37(49-42(38)51)31-53-28-27-50-25-19-14-20-26-50/h12-13,15-18,21-24,32,35-36,39-40,43H,14,19-20,25-31H2,1-11H3,(H,46,48,49)/t36-,39-,40-,43-/m1/s1. The van der Waals surface area contributed by atoms with Gasteiger partial charge in [0.25, 0.3) is 0 Å². The number of fused-ring (bicyclic) bond motifs is 1. The van der Waals surface area contributed by atoms with E-state index in [1.807, 2.05) is 10.9 Å². The molecule has 0 unspecified atom stereocenters. The first kappa shape index (κ1) is 44.5. The van der Waals surface area contributed by atoms with E-state index in [1.54, 1.807) is 7.11 Å². The zero-order chi connectivity index (χ0) is 41.7. The van der Waals surface area contributed by atoms with Gasteiger partial charge in [-0.25, -0.2) is 15.0 Å². The minimum Gasteiger partial charge on any atom is -0.408 e. The Labute approximate surface area is 349 Å². The smallest absolute Gasteiger partial charge is 0.192 e. The topological polar surface area (TPSA) is 105 Å². The second-order valence-electron chi connectivity index (χ2n) is 19.2. The third-order valence-electron chi connectivity index (χ3n) is 12.9. The van der Waals surface area contributed by atoms with Gasteiger partial charge in [-0.1, -0.05) is 109 Å². The number of aromatic nitrogens is 4. The lowest BCUT2D eigenvalue weighted by atomic mass is 9.91. The van der Waals surface area contributed by atoms with E-state index in [2.05, 4.69) is 139 Å². The van der Waals surface area contributed by atoms with E-state index in [-0.39, 0.29) is 34.8 Å². The third-order valence-corrected chi connectivity index (χ3v) is 21.9. The van der Waals surface area contributed by atoms with Crippen LogP contribution in [0.3, 0.4) is 0 Å². The molecule has 2 fully saturated rings. The second-order valence-corrected chi connectivity index (χ2v) is 28.7. The molecule has 2 aliphatic rings. The molecule has 1 N–H and O–H groups in total. The van der Waals surface area contributed by atoms with Crippen molar-refractivity contribution in [1.29, 1.82) is 0 Å².